The topological polar surface area (TPSA) is 112 Å². The Labute approximate surface area is 129 Å². The molecule has 0 spiro atoms. The first kappa shape index (κ1) is 15.8. The summed E-state index contributed by atoms with van der Waals surface area (Å²) in [6, 6.07) is 3.91. The van der Waals surface area contributed by atoms with Gasteiger partial charge in [0.1, 0.15) is 4.90 Å². The van der Waals surface area contributed by atoms with Gasteiger partial charge in [-0.25, -0.2) is 17.9 Å². The molecule has 21 heavy (non-hydrogen) atoms. The van der Waals surface area contributed by atoms with Crippen molar-refractivity contribution in [3.63, 3.8) is 0 Å². The summed E-state index contributed by atoms with van der Waals surface area (Å²) >= 11 is 11.6. The van der Waals surface area contributed by atoms with Gasteiger partial charge in [-0.05, 0) is 18.2 Å². The second-order valence-electron chi connectivity index (χ2n) is 3.95. The molecule has 0 saturated carbocycles. The van der Waals surface area contributed by atoms with Gasteiger partial charge in [-0.15, -0.1) is 0 Å². The summed E-state index contributed by atoms with van der Waals surface area (Å²) in [5, 5.41) is 14.7. The molecule has 0 bridgehead atoms. The molecule has 1 heterocycles. The van der Waals surface area contributed by atoms with Gasteiger partial charge >= 0.3 is 5.97 Å². The van der Waals surface area contributed by atoms with Gasteiger partial charge in [0, 0.05) is 6.20 Å². The van der Waals surface area contributed by atoms with Crippen molar-refractivity contribution in [3.8, 4) is 0 Å². The van der Waals surface area contributed by atoms with E-state index in [1.165, 1.54) is 12.3 Å². The van der Waals surface area contributed by atoms with Crippen molar-refractivity contribution < 1.29 is 18.3 Å². The molecule has 1 aromatic heterocycles. The number of nitrogens with one attached hydrogen (secondary N) is 2. The van der Waals surface area contributed by atoms with E-state index < -0.39 is 26.6 Å². The summed E-state index contributed by atoms with van der Waals surface area (Å²) < 4.78 is 26.6. The van der Waals surface area contributed by atoms with Crippen LogP contribution in [0.3, 0.4) is 0 Å². The molecule has 0 atom stereocenters. The third kappa shape index (κ3) is 3.35. The number of nitrogens with zero attached hydrogens (tertiary/aromatic N) is 1. The predicted molar refractivity (Wildman–Crippen MR) is 76.0 cm³/mol. The number of benzene rings is 1. The predicted octanol–water partition coefficient (Wildman–Crippen LogP) is 1.89. The standard InChI is InChI=1S/C11H9Cl2N3O4S/c12-7-1-2-8(10(13)9(7)11(17)18)21(19,20)15-5-6-3-4-14-16-6/h1-4,15H,5H2,(H,14,16)(H,17,18). The lowest BCUT2D eigenvalue weighted by atomic mass is 10.2. The molecule has 112 valence electrons. The molecule has 7 nitrogen and oxygen atoms in total. The first-order chi connectivity index (χ1) is 9.83. The molecule has 10 heteroatoms. The van der Waals surface area contributed by atoms with Crippen molar-refractivity contribution in [2.45, 2.75) is 11.4 Å². The van der Waals surface area contributed by atoms with Crippen molar-refractivity contribution in [1.29, 1.82) is 0 Å². The summed E-state index contributed by atoms with van der Waals surface area (Å²) in [4.78, 5) is 10.7. The number of sulfonamides is 1. The van der Waals surface area contributed by atoms with Crippen LogP contribution in [0, 0.1) is 0 Å². The lowest BCUT2D eigenvalue weighted by Gasteiger charge is -2.10. The average molecular weight is 350 g/mol. The van der Waals surface area contributed by atoms with E-state index in [1.807, 2.05) is 0 Å². The van der Waals surface area contributed by atoms with E-state index in [1.54, 1.807) is 6.07 Å². The zero-order valence-electron chi connectivity index (χ0n) is 10.3. The molecule has 0 aliphatic carbocycles. The van der Waals surface area contributed by atoms with Crippen LogP contribution in [0.15, 0.2) is 29.3 Å². The number of carboxylic acids is 1. The van der Waals surface area contributed by atoms with Gasteiger partial charge in [-0.2, -0.15) is 5.10 Å². The molecule has 0 aliphatic rings. The number of hydrogen-bond donors (Lipinski definition) is 3. The first-order valence-corrected chi connectivity index (χ1v) is 7.76. The van der Waals surface area contributed by atoms with Crippen LogP contribution < -0.4 is 4.72 Å². The second-order valence-corrected chi connectivity index (χ2v) is 6.47. The number of carboxylic acid groups (broad SMARTS) is 1. The van der Waals surface area contributed by atoms with Crippen LogP contribution in [0.2, 0.25) is 10.0 Å². The number of hydrogen-bond acceptors (Lipinski definition) is 4. The highest BCUT2D eigenvalue weighted by atomic mass is 35.5. The smallest absolute Gasteiger partial charge is 0.338 e. The van der Waals surface area contributed by atoms with Gasteiger partial charge in [0.15, 0.2) is 0 Å². The quantitative estimate of drug-likeness (QED) is 0.762. The molecule has 0 amide bonds. The first-order valence-electron chi connectivity index (χ1n) is 5.52. The highest BCUT2D eigenvalue weighted by Gasteiger charge is 2.24. The van der Waals surface area contributed by atoms with Crippen LogP contribution in [0.5, 0.6) is 0 Å². The maximum Gasteiger partial charge on any atom is 0.338 e. The molecule has 0 fully saturated rings. The fourth-order valence-electron chi connectivity index (χ4n) is 1.57. The third-order valence-corrected chi connectivity index (χ3v) is 4.83. The summed E-state index contributed by atoms with van der Waals surface area (Å²) in [6.07, 6.45) is 1.47. The van der Waals surface area contributed by atoms with Crippen LogP contribution in [-0.2, 0) is 16.6 Å². The van der Waals surface area contributed by atoms with E-state index in [0.717, 1.165) is 6.07 Å². The van der Waals surface area contributed by atoms with Crippen molar-refractivity contribution in [2.75, 3.05) is 0 Å². The summed E-state index contributed by atoms with van der Waals surface area (Å²) in [6.45, 7) is -0.0380. The molecule has 1 aromatic carbocycles. The minimum Gasteiger partial charge on any atom is -0.478 e. The zero-order valence-corrected chi connectivity index (χ0v) is 12.6. The molecule has 0 aliphatic heterocycles. The number of aromatic carboxylic acids is 1. The van der Waals surface area contributed by atoms with Crippen LogP contribution in [0.1, 0.15) is 16.1 Å². The fraction of sp³-hybridized carbons (Fsp3) is 0.0909. The van der Waals surface area contributed by atoms with Crippen LogP contribution in [-0.4, -0.2) is 29.7 Å². The zero-order chi connectivity index (χ0) is 15.6. The fourth-order valence-corrected chi connectivity index (χ4v) is 3.49. The molecule has 2 aromatic rings. The lowest BCUT2D eigenvalue weighted by molar-refractivity contribution is 0.0697. The van der Waals surface area contributed by atoms with Gasteiger partial charge in [0.05, 0.1) is 27.8 Å². The number of aromatic amines is 1. The normalized spacial score (nSPS) is 11.5. The van der Waals surface area contributed by atoms with Crippen LogP contribution in [0.25, 0.3) is 0 Å². The number of H-pyrrole nitrogens is 1. The second kappa shape index (κ2) is 6.02. The Hall–Kier alpha value is -1.61. The van der Waals surface area contributed by atoms with Gasteiger partial charge < -0.3 is 5.11 Å². The van der Waals surface area contributed by atoms with Crippen molar-refractivity contribution in [2.24, 2.45) is 0 Å². The van der Waals surface area contributed by atoms with Crippen molar-refractivity contribution in [3.05, 3.63) is 45.7 Å². The Balaban J connectivity index is 2.36. The lowest BCUT2D eigenvalue weighted by Crippen LogP contribution is -2.24. The number of rotatable bonds is 5. The van der Waals surface area contributed by atoms with E-state index >= 15 is 0 Å². The SMILES string of the molecule is O=C(O)c1c(Cl)ccc(S(=O)(=O)NCc2ccn[nH]2)c1Cl. The Morgan fingerprint density at radius 2 is 2.05 bits per heavy atom. The highest BCUT2D eigenvalue weighted by molar-refractivity contribution is 7.89. The molecule has 0 saturated heterocycles. The van der Waals surface area contributed by atoms with Crippen LogP contribution in [0.4, 0.5) is 0 Å². The minimum atomic E-state index is -3.99. The van der Waals surface area contributed by atoms with Gasteiger partial charge in [-0.1, -0.05) is 23.2 Å². The van der Waals surface area contributed by atoms with E-state index in [9.17, 15) is 13.2 Å². The maximum atomic E-state index is 12.2. The average Bonchev–Trinajstić information content (AvgIpc) is 2.88. The third-order valence-electron chi connectivity index (χ3n) is 2.57. The molecule has 0 radical (unpaired) electrons. The van der Waals surface area contributed by atoms with Gasteiger partial charge in [-0.3, -0.25) is 5.10 Å². The monoisotopic (exact) mass is 349 g/mol. The molecular weight excluding hydrogens is 341 g/mol. The molecular formula is C11H9Cl2N3O4S. The molecule has 0 unspecified atom stereocenters. The Bertz CT molecular complexity index is 775. The Morgan fingerprint density at radius 3 is 2.62 bits per heavy atom. The Morgan fingerprint density at radius 1 is 1.33 bits per heavy atom. The highest BCUT2D eigenvalue weighted by Crippen LogP contribution is 2.31. The van der Waals surface area contributed by atoms with Crippen molar-refractivity contribution in [1.82, 2.24) is 14.9 Å². The van der Waals surface area contributed by atoms with Gasteiger partial charge in [0.2, 0.25) is 10.0 Å². The maximum absolute atomic E-state index is 12.2. The van der Waals surface area contributed by atoms with E-state index in [0.29, 0.717) is 5.69 Å². The number of halogens is 2. The Kier molecular flexibility index (Phi) is 4.52. The number of aromatic nitrogens is 2. The summed E-state index contributed by atoms with van der Waals surface area (Å²) in [7, 11) is -3.99. The minimum absolute atomic E-state index is 0.0380. The van der Waals surface area contributed by atoms with E-state index in [4.69, 9.17) is 28.3 Å². The van der Waals surface area contributed by atoms with Crippen LogP contribution >= 0.6 is 23.2 Å². The largest absolute Gasteiger partial charge is 0.478 e. The van der Waals surface area contributed by atoms with E-state index in [2.05, 4.69) is 14.9 Å². The number of carbonyl (C=O) groups is 1. The summed E-state index contributed by atoms with van der Waals surface area (Å²) in [5.74, 6) is -1.41. The van der Waals surface area contributed by atoms with Gasteiger partial charge in [0.25, 0.3) is 0 Å². The van der Waals surface area contributed by atoms with Crippen molar-refractivity contribution >= 4 is 39.2 Å². The van der Waals surface area contributed by atoms with E-state index in [-0.39, 0.29) is 16.5 Å². The molecule has 3 N–H and O–H groups in total. The molecule has 2 rings (SSSR count). The summed E-state index contributed by atoms with van der Waals surface area (Å²) in [5.41, 5.74) is 0.0878.